The van der Waals surface area contributed by atoms with Crippen LogP contribution in [-0.4, -0.2) is 7.11 Å². The molecular formula is C4H7O2. The zero-order valence-electron chi connectivity index (χ0n) is 3.89. The minimum atomic E-state index is -0.282. The molecule has 0 bridgehead atoms. The molecule has 0 spiro atoms. The van der Waals surface area contributed by atoms with Crippen LogP contribution in [0.25, 0.3) is 0 Å². The molecule has 0 saturated heterocycles. The van der Waals surface area contributed by atoms with Gasteiger partial charge in [-0.15, -0.1) is 0 Å². The summed E-state index contributed by atoms with van der Waals surface area (Å²) in [5.74, 6) is -0.282. The van der Waals surface area contributed by atoms with Gasteiger partial charge >= 0.3 is 5.95 Å². The Kier molecular flexibility index (Phi) is 2.29. The molecule has 0 amide bonds. The Bertz CT molecular complexity index is 56.6. The summed E-state index contributed by atoms with van der Waals surface area (Å²) in [4.78, 5) is 0. The van der Waals surface area contributed by atoms with Crippen molar-refractivity contribution in [3.05, 3.63) is 12.0 Å². The van der Waals surface area contributed by atoms with Crippen molar-refractivity contribution in [2.24, 2.45) is 0 Å². The van der Waals surface area contributed by atoms with E-state index in [4.69, 9.17) is 0 Å². The molecule has 0 aliphatic heterocycles. The van der Waals surface area contributed by atoms with Gasteiger partial charge in [0.2, 0.25) is 0 Å². The second kappa shape index (κ2) is 2.57. The minimum absolute atomic E-state index is 0.282. The number of methoxy groups -OCH3 is 1. The van der Waals surface area contributed by atoms with Crippen molar-refractivity contribution in [1.29, 1.82) is 0 Å². The van der Waals surface area contributed by atoms with Gasteiger partial charge in [0, 0.05) is 0 Å². The molecule has 2 nitrogen and oxygen atoms in total. The lowest BCUT2D eigenvalue weighted by Gasteiger charge is -1.85. The summed E-state index contributed by atoms with van der Waals surface area (Å²) in [7, 11) is 1.35. The van der Waals surface area contributed by atoms with Crippen molar-refractivity contribution >= 4 is 0 Å². The van der Waals surface area contributed by atoms with Crippen molar-refractivity contribution in [2.75, 3.05) is 7.11 Å². The molecule has 0 heterocycles. The molecule has 0 unspecified atom stereocenters. The van der Waals surface area contributed by atoms with E-state index < -0.39 is 0 Å². The van der Waals surface area contributed by atoms with Crippen LogP contribution >= 0.6 is 0 Å². The monoisotopic (exact) mass is 87.0 g/mol. The van der Waals surface area contributed by atoms with Gasteiger partial charge in [0.15, 0.2) is 0 Å². The van der Waals surface area contributed by atoms with Gasteiger partial charge in [-0.3, -0.25) is 0 Å². The predicted molar refractivity (Wildman–Crippen MR) is 21.5 cm³/mol. The van der Waals surface area contributed by atoms with E-state index in [1.165, 1.54) is 13.2 Å². The Labute approximate surface area is 37.1 Å². The van der Waals surface area contributed by atoms with Crippen LogP contribution in [0.1, 0.15) is 6.92 Å². The molecule has 0 fully saturated rings. The third-order valence-electron chi connectivity index (χ3n) is 0.437. The summed E-state index contributed by atoms with van der Waals surface area (Å²) in [6, 6.07) is 0. The van der Waals surface area contributed by atoms with E-state index in [-0.39, 0.29) is 5.95 Å². The normalized spacial score (nSPS) is 11.3. The van der Waals surface area contributed by atoms with Gasteiger partial charge in [0.05, 0.1) is 7.11 Å². The Morgan fingerprint density at radius 3 is 2.33 bits per heavy atom. The Morgan fingerprint density at radius 1 is 1.83 bits per heavy atom. The molecule has 0 aliphatic carbocycles. The van der Waals surface area contributed by atoms with Crippen molar-refractivity contribution in [3.8, 4) is 0 Å². The quantitative estimate of drug-likeness (QED) is 0.437. The first kappa shape index (κ1) is 5.34. The lowest BCUT2D eigenvalue weighted by Crippen LogP contribution is -1.76. The molecule has 0 atom stereocenters. The van der Waals surface area contributed by atoms with Gasteiger partial charge in [0.25, 0.3) is 0 Å². The van der Waals surface area contributed by atoms with Crippen LogP contribution in [0.4, 0.5) is 0 Å². The van der Waals surface area contributed by atoms with Gasteiger partial charge < -0.3 is 4.74 Å². The van der Waals surface area contributed by atoms with Crippen LogP contribution < -0.4 is 0 Å². The van der Waals surface area contributed by atoms with Gasteiger partial charge in [-0.1, -0.05) is 0 Å². The Morgan fingerprint density at radius 2 is 2.33 bits per heavy atom. The molecular weight excluding hydrogens is 80.0 g/mol. The zero-order valence-corrected chi connectivity index (χ0v) is 3.89. The van der Waals surface area contributed by atoms with Crippen LogP contribution in [-0.2, 0) is 9.84 Å². The molecule has 0 saturated carbocycles. The largest absolute Gasteiger partial charge is 0.466 e. The lowest BCUT2D eigenvalue weighted by atomic mass is 10.7. The highest BCUT2D eigenvalue weighted by atomic mass is 16.6. The maximum atomic E-state index is 9.90. The molecule has 6 heavy (non-hydrogen) atoms. The molecule has 35 valence electrons. The van der Waals surface area contributed by atoms with E-state index in [0.717, 1.165) is 0 Å². The summed E-state index contributed by atoms with van der Waals surface area (Å²) in [6.07, 6.45) is 1.36. The smallest absolute Gasteiger partial charge is 0.326 e. The predicted octanol–water partition coefficient (Wildman–Crippen LogP) is 0.925. The highest BCUT2D eigenvalue weighted by Gasteiger charge is 1.80. The van der Waals surface area contributed by atoms with E-state index in [1.807, 2.05) is 0 Å². The fraction of sp³-hybridized carbons (Fsp3) is 0.500. The maximum Gasteiger partial charge on any atom is 0.326 e. The molecule has 0 N–H and O–H groups in total. The molecule has 2 heteroatoms. The molecule has 1 radical (unpaired) electrons. The van der Waals surface area contributed by atoms with E-state index >= 15 is 0 Å². The van der Waals surface area contributed by atoms with E-state index in [1.54, 1.807) is 6.92 Å². The second-order valence-corrected chi connectivity index (χ2v) is 0.812. The van der Waals surface area contributed by atoms with Crippen molar-refractivity contribution < 1.29 is 9.84 Å². The fourth-order valence-corrected chi connectivity index (χ4v) is 0.118. The van der Waals surface area contributed by atoms with Gasteiger partial charge in [-0.05, 0) is 13.0 Å². The maximum absolute atomic E-state index is 9.90. The minimum Gasteiger partial charge on any atom is -0.466 e. The number of hydrogen-bond acceptors (Lipinski definition) is 1. The van der Waals surface area contributed by atoms with E-state index in [2.05, 4.69) is 4.74 Å². The SMILES string of the molecule is CC=C([O])OC. The van der Waals surface area contributed by atoms with Crippen molar-refractivity contribution in [1.82, 2.24) is 0 Å². The number of hydrogen-bond donors (Lipinski definition) is 0. The van der Waals surface area contributed by atoms with Gasteiger partial charge in [-0.25, -0.2) is 5.11 Å². The van der Waals surface area contributed by atoms with E-state index in [9.17, 15) is 5.11 Å². The molecule has 0 rings (SSSR count). The van der Waals surface area contributed by atoms with Crippen molar-refractivity contribution in [2.45, 2.75) is 6.92 Å². The molecule has 0 aliphatic rings. The Hall–Kier alpha value is -0.660. The summed E-state index contributed by atoms with van der Waals surface area (Å²) in [5, 5.41) is 9.90. The number of ether oxygens (including phenoxy) is 1. The van der Waals surface area contributed by atoms with Crippen LogP contribution in [0.15, 0.2) is 12.0 Å². The van der Waals surface area contributed by atoms with Crippen LogP contribution in [0.2, 0.25) is 0 Å². The number of allylic oxidation sites excluding steroid dienone is 1. The standard InChI is InChI=1S/C4H7O2/c1-3-4(5)6-2/h3H,1-2H3. The average Bonchev–Trinajstić information content (AvgIpc) is 1.65. The summed E-state index contributed by atoms with van der Waals surface area (Å²) in [5.41, 5.74) is 0. The second-order valence-electron chi connectivity index (χ2n) is 0.812. The summed E-state index contributed by atoms with van der Waals surface area (Å²) in [6.45, 7) is 1.63. The zero-order chi connectivity index (χ0) is 4.99. The van der Waals surface area contributed by atoms with Gasteiger partial charge in [-0.2, -0.15) is 0 Å². The fourth-order valence-electron chi connectivity index (χ4n) is 0.118. The van der Waals surface area contributed by atoms with E-state index in [0.29, 0.717) is 0 Å². The van der Waals surface area contributed by atoms with Crippen LogP contribution in [0, 0.1) is 0 Å². The van der Waals surface area contributed by atoms with Gasteiger partial charge in [0.1, 0.15) is 0 Å². The van der Waals surface area contributed by atoms with Crippen LogP contribution in [0.3, 0.4) is 0 Å². The summed E-state index contributed by atoms with van der Waals surface area (Å²) >= 11 is 0. The average molecular weight is 87.1 g/mol. The molecule has 0 aromatic heterocycles. The third kappa shape index (κ3) is 1.64. The Balaban J connectivity index is 3.22. The first-order valence-corrected chi connectivity index (χ1v) is 1.68. The first-order chi connectivity index (χ1) is 2.81. The third-order valence-corrected chi connectivity index (χ3v) is 0.437. The number of rotatable bonds is 1. The lowest BCUT2D eigenvalue weighted by molar-refractivity contribution is 0.0858. The highest BCUT2D eigenvalue weighted by Crippen LogP contribution is 1.84. The molecule has 0 aromatic rings. The highest BCUT2D eigenvalue weighted by molar-refractivity contribution is 4.73. The first-order valence-electron chi connectivity index (χ1n) is 1.68. The summed E-state index contributed by atoms with van der Waals surface area (Å²) < 4.78 is 4.20. The van der Waals surface area contributed by atoms with Crippen molar-refractivity contribution in [3.63, 3.8) is 0 Å². The molecule has 0 aromatic carbocycles. The topological polar surface area (TPSA) is 29.1 Å². The van der Waals surface area contributed by atoms with Crippen LogP contribution in [0.5, 0.6) is 0 Å².